The molecule has 2 unspecified atom stereocenters. The van der Waals surface area contributed by atoms with Crippen molar-refractivity contribution in [3.63, 3.8) is 0 Å². The molecule has 0 aliphatic rings. The summed E-state index contributed by atoms with van der Waals surface area (Å²) in [5.41, 5.74) is 3.70. The van der Waals surface area contributed by atoms with Crippen molar-refractivity contribution in [3.8, 4) is 0 Å². The van der Waals surface area contributed by atoms with Gasteiger partial charge >= 0.3 is 6.09 Å². The van der Waals surface area contributed by atoms with E-state index >= 15 is 0 Å². The summed E-state index contributed by atoms with van der Waals surface area (Å²) >= 11 is 0. The van der Waals surface area contributed by atoms with Gasteiger partial charge in [-0.2, -0.15) is 0 Å². The monoisotopic (exact) mass is 565 g/mol. The highest BCUT2D eigenvalue weighted by molar-refractivity contribution is 5.99. The minimum Gasteiger partial charge on any atom is -0.444 e. The molecule has 0 bridgehead atoms. The van der Waals surface area contributed by atoms with Crippen LogP contribution in [0.4, 0.5) is 10.5 Å². The fourth-order valence-corrected chi connectivity index (χ4v) is 4.93. The highest BCUT2D eigenvalue weighted by Gasteiger charge is 2.37. The van der Waals surface area contributed by atoms with Crippen LogP contribution in [0.1, 0.15) is 102 Å². The summed E-state index contributed by atoms with van der Waals surface area (Å²) in [6.45, 7) is 17.6. The number of nitrogens with one attached hydrogen (secondary N) is 2. The highest BCUT2D eigenvalue weighted by Crippen LogP contribution is 2.28. The summed E-state index contributed by atoms with van der Waals surface area (Å²) in [4.78, 5) is 43.0. The van der Waals surface area contributed by atoms with E-state index < -0.39 is 23.8 Å². The fraction of sp³-hybridized carbons (Fsp3) is 0.559. The zero-order valence-corrected chi connectivity index (χ0v) is 26.6. The lowest BCUT2D eigenvalue weighted by molar-refractivity contribution is -0.141. The van der Waals surface area contributed by atoms with Crippen LogP contribution in [0.2, 0.25) is 0 Å². The third kappa shape index (κ3) is 10.9. The lowest BCUT2D eigenvalue weighted by atomic mass is 9.96. The average Bonchev–Trinajstić information content (AvgIpc) is 2.85. The second-order valence-corrected chi connectivity index (χ2v) is 12.4. The number of rotatable bonds is 13. The standard InChI is InChI=1S/C34H51N3O4/c1-10-11-12-13-16-19-37(32(39)29(23(2)3)36-33(40)41-34(7,8)9)30(27-21-24(4)20-25(5)22-27)31(38)35-28-18-15-14-17-26(28)6/h14-15,17-18,20-23,29-30H,10-13,16,19H2,1-9H3,(H,35,38)(H,36,40). The molecule has 226 valence electrons. The van der Waals surface area contributed by atoms with Crippen molar-refractivity contribution in [1.82, 2.24) is 10.2 Å². The molecule has 2 atom stereocenters. The number of unbranched alkanes of at least 4 members (excludes halogenated alkanes) is 4. The Morgan fingerprint density at radius 1 is 0.902 bits per heavy atom. The van der Waals surface area contributed by atoms with Crippen molar-refractivity contribution >= 4 is 23.6 Å². The molecule has 2 aromatic carbocycles. The predicted octanol–water partition coefficient (Wildman–Crippen LogP) is 7.64. The molecule has 3 amide bonds. The van der Waals surface area contributed by atoms with Gasteiger partial charge in [0, 0.05) is 12.2 Å². The number of hydrogen-bond donors (Lipinski definition) is 2. The number of hydrogen-bond acceptors (Lipinski definition) is 4. The van der Waals surface area contributed by atoms with Crippen molar-refractivity contribution in [2.45, 2.75) is 112 Å². The van der Waals surface area contributed by atoms with Gasteiger partial charge in [-0.15, -0.1) is 0 Å². The van der Waals surface area contributed by atoms with Gasteiger partial charge in [0.1, 0.15) is 17.7 Å². The van der Waals surface area contributed by atoms with Gasteiger partial charge in [-0.25, -0.2) is 4.79 Å². The molecule has 2 rings (SSSR count). The molecular formula is C34H51N3O4. The predicted molar refractivity (Wildman–Crippen MR) is 167 cm³/mol. The van der Waals surface area contributed by atoms with Crippen molar-refractivity contribution in [2.24, 2.45) is 5.92 Å². The Balaban J connectivity index is 2.57. The van der Waals surface area contributed by atoms with E-state index in [0.29, 0.717) is 12.2 Å². The molecule has 0 saturated carbocycles. The van der Waals surface area contributed by atoms with Crippen LogP contribution in [0.5, 0.6) is 0 Å². The molecule has 0 spiro atoms. The molecule has 0 aliphatic carbocycles. The lowest BCUT2D eigenvalue weighted by Gasteiger charge is -2.36. The second kappa shape index (κ2) is 15.6. The van der Waals surface area contributed by atoms with Gasteiger partial charge in [-0.3, -0.25) is 9.59 Å². The largest absolute Gasteiger partial charge is 0.444 e. The average molecular weight is 566 g/mol. The summed E-state index contributed by atoms with van der Waals surface area (Å²) in [7, 11) is 0. The van der Waals surface area contributed by atoms with Crippen LogP contribution in [0, 0.1) is 26.7 Å². The first-order chi connectivity index (χ1) is 19.2. The van der Waals surface area contributed by atoms with Gasteiger partial charge in [-0.1, -0.05) is 94.0 Å². The molecule has 7 heteroatoms. The van der Waals surface area contributed by atoms with Gasteiger partial charge in [0.05, 0.1) is 0 Å². The minimum atomic E-state index is -0.881. The van der Waals surface area contributed by atoms with Gasteiger partial charge < -0.3 is 20.3 Å². The first-order valence-corrected chi connectivity index (χ1v) is 15.0. The van der Waals surface area contributed by atoms with Crippen LogP contribution in [0.25, 0.3) is 0 Å². The Hall–Kier alpha value is -3.35. The third-order valence-electron chi connectivity index (χ3n) is 6.91. The Labute approximate surface area is 247 Å². The SMILES string of the molecule is CCCCCCCN(C(=O)C(NC(=O)OC(C)(C)C)C(C)C)C(C(=O)Nc1ccccc1C)c1cc(C)cc(C)c1. The number of amides is 3. The van der Waals surface area contributed by atoms with Gasteiger partial charge in [0.25, 0.3) is 5.91 Å². The third-order valence-corrected chi connectivity index (χ3v) is 6.91. The molecule has 2 N–H and O–H groups in total. The zero-order chi connectivity index (χ0) is 30.7. The minimum absolute atomic E-state index is 0.225. The lowest BCUT2D eigenvalue weighted by Crippen LogP contribution is -2.54. The van der Waals surface area contributed by atoms with E-state index in [-0.39, 0.29) is 17.7 Å². The molecule has 0 saturated heterocycles. The zero-order valence-electron chi connectivity index (χ0n) is 26.6. The van der Waals surface area contributed by atoms with E-state index in [4.69, 9.17) is 4.74 Å². The van der Waals surface area contributed by atoms with Crippen molar-refractivity contribution in [3.05, 3.63) is 64.7 Å². The van der Waals surface area contributed by atoms with Crippen LogP contribution in [0.15, 0.2) is 42.5 Å². The smallest absolute Gasteiger partial charge is 0.408 e. The summed E-state index contributed by atoms with van der Waals surface area (Å²) in [5.74, 6) is -0.812. The number of carbonyl (C=O) groups is 3. The molecule has 0 fully saturated rings. The summed E-state index contributed by atoms with van der Waals surface area (Å²) in [6, 6.07) is 11.9. The van der Waals surface area contributed by atoms with E-state index in [0.717, 1.165) is 54.4 Å². The molecular weight excluding hydrogens is 514 g/mol. The summed E-state index contributed by atoms with van der Waals surface area (Å²) in [6.07, 6.45) is 4.34. The maximum Gasteiger partial charge on any atom is 0.408 e. The van der Waals surface area contributed by atoms with E-state index in [9.17, 15) is 14.4 Å². The van der Waals surface area contributed by atoms with Crippen LogP contribution in [-0.2, 0) is 14.3 Å². The topological polar surface area (TPSA) is 87.7 Å². The molecule has 7 nitrogen and oxygen atoms in total. The van der Waals surface area contributed by atoms with Crippen LogP contribution in [0.3, 0.4) is 0 Å². The molecule has 0 aliphatic heterocycles. The molecule has 0 aromatic heterocycles. The molecule has 2 aromatic rings. The number of carbonyl (C=O) groups excluding carboxylic acids is 3. The van der Waals surface area contributed by atoms with E-state index in [1.165, 1.54) is 0 Å². The molecule has 41 heavy (non-hydrogen) atoms. The Morgan fingerprint density at radius 3 is 2.07 bits per heavy atom. The van der Waals surface area contributed by atoms with Crippen molar-refractivity contribution < 1.29 is 19.1 Å². The first kappa shape index (κ1) is 33.9. The highest BCUT2D eigenvalue weighted by atomic mass is 16.6. The number of ether oxygens (including phenoxy) is 1. The number of aryl methyl sites for hydroxylation is 3. The summed E-state index contributed by atoms with van der Waals surface area (Å²) in [5, 5.41) is 5.90. The fourth-order valence-electron chi connectivity index (χ4n) is 4.93. The van der Waals surface area contributed by atoms with Gasteiger partial charge in [0.2, 0.25) is 5.91 Å². The maximum absolute atomic E-state index is 14.4. The Bertz CT molecular complexity index is 1150. The number of benzene rings is 2. The first-order valence-electron chi connectivity index (χ1n) is 15.0. The Kier molecular flexibility index (Phi) is 12.9. The van der Waals surface area contributed by atoms with E-state index in [1.54, 1.807) is 25.7 Å². The van der Waals surface area contributed by atoms with Crippen LogP contribution in [-0.4, -0.2) is 41.0 Å². The van der Waals surface area contributed by atoms with Crippen LogP contribution < -0.4 is 10.6 Å². The van der Waals surface area contributed by atoms with Crippen molar-refractivity contribution in [1.29, 1.82) is 0 Å². The molecule has 0 radical (unpaired) electrons. The summed E-state index contributed by atoms with van der Waals surface area (Å²) < 4.78 is 5.49. The Morgan fingerprint density at radius 2 is 1.51 bits per heavy atom. The quantitative estimate of drug-likeness (QED) is 0.244. The number of para-hydroxylation sites is 1. The van der Waals surface area contributed by atoms with E-state index in [1.807, 2.05) is 71.0 Å². The number of alkyl carbamates (subject to hydrolysis) is 1. The maximum atomic E-state index is 14.4. The molecule has 0 heterocycles. The van der Waals surface area contributed by atoms with E-state index in [2.05, 4.69) is 23.6 Å². The normalized spacial score (nSPS) is 12.9. The number of anilines is 1. The second-order valence-electron chi connectivity index (χ2n) is 12.4. The number of nitrogens with zero attached hydrogens (tertiary/aromatic N) is 1. The van der Waals surface area contributed by atoms with Crippen LogP contribution >= 0.6 is 0 Å². The van der Waals surface area contributed by atoms with Gasteiger partial charge in [-0.05, 0) is 71.1 Å². The van der Waals surface area contributed by atoms with Crippen molar-refractivity contribution in [2.75, 3.05) is 11.9 Å². The van der Waals surface area contributed by atoms with Gasteiger partial charge in [0.15, 0.2) is 0 Å².